The van der Waals surface area contributed by atoms with Gasteiger partial charge in [-0.05, 0) is 67.1 Å². The number of carbonyl (C=O) groups excluding carboxylic acids is 1. The van der Waals surface area contributed by atoms with Gasteiger partial charge in [-0.15, -0.1) is 0 Å². The predicted octanol–water partition coefficient (Wildman–Crippen LogP) is 5.59. The number of hydrogen-bond acceptors (Lipinski definition) is 8. The highest BCUT2D eigenvalue weighted by Gasteiger charge is 2.17. The molecule has 1 aromatic heterocycles. The van der Waals surface area contributed by atoms with Crippen LogP contribution in [0.4, 0.5) is 4.39 Å². The molecule has 2 aromatic carbocycles. The molecule has 0 atom stereocenters. The summed E-state index contributed by atoms with van der Waals surface area (Å²) in [5, 5.41) is 7.71. The van der Waals surface area contributed by atoms with Gasteiger partial charge in [0.15, 0.2) is 18.1 Å². The number of rotatable bonds is 8. The first-order valence-corrected chi connectivity index (χ1v) is 11.7. The molecule has 1 aliphatic rings. The summed E-state index contributed by atoms with van der Waals surface area (Å²) in [6, 6.07) is 14.5. The Balaban J connectivity index is 1.35. The van der Waals surface area contributed by atoms with Crippen LogP contribution in [0.3, 0.4) is 0 Å². The summed E-state index contributed by atoms with van der Waals surface area (Å²) in [5.74, 6) is -0.0904. The lowest BCUT2D eigenvalue weighted by Crippen LogP contribution is -2.14. The number of hydrogen-bond donors (Lipinski definition) is 0. The van der Waals surface area contributed by atoms with Gasteiger partial charge in [0.25, 0.3) is 0 Å². The lowest BCUT2D eigenvalue weighted by molar-refractivity contribution is 0.0588. The first-order valence-electron chi connectivity index (χ1n) is 10.9. The first kappa shape index (κ1) is 24.0. The third kappa shape index (κ3) is 6.24. The summed E-state index contributed by atoms with van der Waals surface area (Å²) in [5.41, 5.74) is 2.68. The number of halogens is 1. The third-order valence-electron chi connectivity index (χ3n) is 5.46. The highest BCUT2D eigenvalue weighted by Crippen LogP contribution is 2.34. The van der Waals surface area contributed by atoms with E-state index in [1.54, 1.807) is 12.1 Å². The Bertz CT molecular complexity index is 1160. The minimum atomic E-state index is -0.578. The molecule has 4 rings (SSSR count). The molecule has 1 aliphatic heterocycles. The Morgan fingerprint density at radius 1 is 1.15 bits per heavy atom. The second-order valence-electron chi connectivity index (χ2n) is 7.85. The van der Waals surface area contributed by atoms with Crippen LogP contribution in [0.15, 0.2) is 68.0 Å². The monoisotopic (exact) mass is 484 g/mol. The Hall–Kier alpha value is -3.17. The molecule has 3 aromatic rings. The molecule has 34 heavy (non-hydrogen) atoms. The van der Waals surface area contributed by atoms with Gasteiger partial charge in [-0.3, -0.25) is 0 Å². The largest absolute Gasteiger partial charge is 0.464 e. The molecule has 2 heterocycles. The van der Waals surface area contributed by atoms with Crippen LogP contribution >= 0.6 is 11.8 Å². The normalized spacial score (nSPS) is 14.7. The van der Waals surface area contributed by atoms with Crippen LogP contribution in [0.25, 0.3) is 0 Å². The van der Waals surface area contributed by atoms with Gasteiger partial charge in [-0.25, -0.2) is 9.18 Å². The van der Waals surface area contributed by atoms with Crippen molar-refractivity contribution < 1.29 is 28.0 Å². The fourth-order valence-corrected chi connectivity index (χ4v) is 4.55. The van der Waals surface area contributed by atoms with Crippen LogP contribution in [0.1, 0.15) is 53.1 Å². The van der Waals surface area contributed by atoms with Crippen molar-refractivity contribution >= 4 is 23.4 Å². The fraction of sp³-hybridized carbons (Fsp3) is 0.320. The standard InChI is InChI=1S/C25H25FN2O5S/c1-16(27-32-15-21-14-24(28-33-21)25(29)30-2)17-3-5-22(6-4-17)34-23-12-19(11-20(26)13-23)18-7-9-31-10-8-18/h3-6,11-14,18H,7-10,15H2,1-2H3/b27-16+. The topological polar surface area (TPSA) is 83.2 Å². The number of esters is 1. The Morgan fingerprint density at radius 2 is 1.91 bits per heavy atom. The molecule has 0 N–H and O–H groups in total. The van der Waals surface area contributed by atoms with E-state index in [0.717, 1.165) is 47.0 Å². The smallest absolute Gasteiger partial charge is 0.360 e. The number of nitrogens with zero attached hydrogens (tertiary/aromatic N) is 2. The molecule has 0 amide bonds. The molecule has 0 radical (unpaired) electrons. The van der Waals surface area contributed by atoms with Crippen molar-refractivity contribution in [1.82, 2.24) is 5.16 Å². The van der Waals surface area contributed by atoms with E-state index in [2.05, 4.69) is 21.1 Å². The van der Waals surface area contributed by atoms with Gasteiger partial charge in [0.1, 0.15) is 5.82 Å². The average molecular weight is 485 g/mol. The van der Waals surface area contributed by atoms with E-state index in [-0.39, 0.29) is 18.1 Å². The van der Waals surface area contributed by atoms with E-state index in [4.69, 9.17) is 14.1 Å². The van der Waals surface area contributed by atoms with Crippen LogP contribution < -0.4 is 0 Å². The van der Waals surface area contributed by atoms with Crippen LogP contribution in [-0.2, 0) is 20.9 Å². The van der Waals surface area contributed by atoms with Crippen molar-refractivity contribution in [1.29, 1.82) is 0 Å². The van der Waals surface area contributed by atoms with Crippen molar-refractivity contribution in [3.05, 3.63) is 76.9 Å². The lowest BCUT2D eigenvalue weighted by atomic mass is 9.92. The molecule has 0 unspecified atom stereocenters. The molecular weight excluding hydrogens is 459 g/mol. The van der Waals surface area contributed by atoms with Crippen LogP contribution in [0.5, 0.6) is 0 Å². The first-order chi connectivity index (χ1) is 16.5. The zero-order valence-electron chi connectivity index (χ0n) is 19.0. The van der Waals surface area contributed by atoms with Crippen molar-refractivity contribution in [2.45, 2.75) is 42.1 Å². The maximum Gasteiger partial charge on any atom is 0.360 e. The molecule has 1 saturated heterocycles. The molecule has 0 saturated carbocycles. The van der Waals surface area contributed by atoms with Gasteiger partial charge in [-0.1, -0.05) is 34.2 Å². The highest BCUT2D eigenvalue weighted by atomic mass is 32.2. The highest BCUT2D eigenvalue weighted by molar-refractivity contribution is 7.99. The molecule has 1 fully saturated rings. The predicted molar refractivity (Wildman–Crippen MR) is 125 cm³/mol. The minimum Gasteiger partial charge on any atom is -0.464 e. The van der Waals surface area contributed by atoms with E-state index < -0.39 is 5.97 Å². The number of oxime groups is 1. The Kier molecular flexibility index (Phi) is 7.97. The number of ether oxygens (including phenoxy) is 2. The molecule has 0 bridgehead atoms. The summed E-state index contributed by atoms with van der Waals surface area (Å²) in [6.45, 7) is 3.31. The van der Waals surface area contributed by atoms with Gasteiger partial charge < -0.3 is 18.8 Å². The van der Waals surface area contributed by atoms with Gasteiger partial charge >= 0.3 is 5.97 Å². The molecule has 7 nitrogen and oxygen atoms in total. The number of benzene rings is 2. The van der Waals surface area contributed by atoms with Crippen molar-refractivity contribution in [2.75, 3.05) is 20.3 Å². The van der Waals surface area contributed by atoms with E-state index >= 15 is 0 Å². The lowest BCUT2D eigenvalue weighted by Gasteiger charge is -2.22. The second-order valence-corrected chi connectivity index (χ2v) is 9.00. The average Bonchev–Trinajstić information content (AvgIpc) is 3.33. The summed E-state index contributed by atoms with van der Waals surface area (Å²) < 4.78 is 29.3. The zero-order chi connectivity index (χ0) is 23.9. The molecule has 0 spiro atoms. The quantitative estimate of drug-likeness (QED) is 0.234. The number of aromatic nitrogens is 1. The van der Waals surface area contributed by atoms with Crippen molar-refractivity contribution in [3.8, 4) is 0 Å². The minimum absolute atomic E-state index is 0.0320. The Morgan fingerprint density at radius 3 is 2.65 bits per heavy atom. The molecule has 0 aliphatic carbocycles. The fourth-order valence-electron chi connectivity index (χ4n) is 3.64. The zero-order valence-corrected chi connectivity index (χ0v) is 19.8. The summed E-state index contributed by atoms with van der Waals surface area (Å²) in [4.78, 5) is 18.6. The molecule has 178 valence electrons. The van der Waals surface area contributed by atoms with E-state index in [0.29, 0.717) is 17.4 Å². The maximum absolute atomic E-state index is 14.2. The Labute approximate surface area is 201 Å². The van der Waals surface area contributed by atoms with Crippen LogP contribution in [0.2, 0.25) is 0 Å². The summed E-state index contributed by atoms with van der Waals surface area (Å²) >= 11 is 1.52. The SMILES string of the molecule is COC(=O)c1cc(CO/N=C(\C)c2ccc(Sc3cc(F)cc(C4CCOCC4)c3)cc2)on1. The van der Waals surface area contributed by atoms with E-state index in [1.165, 1.54) is 24.9 Å². The van der Waals surface area contributed by atoms with Gasteiger partial charge in [0.05, 0.1) is 12.8 Å². The number of methoxy groups -OCH3 is 1. The van der Waals surface area contributed by atoms with Crippen molar-refractivity contribution in [2.24, 2.45) is 5.16 Å². The van der Waals surface area contributed by atoms with E-state index in [9.17, 15) is 9.18 Å². The maximum atomic E-state index is 14.2. The van der Waals surface area contributed by atoms with Gasteiger partial charge in [-0.2, -0.15) is 0 Å². The molecule has 9 heteroatoms. The van der Waals surface area contributed by atoms with Gasteiger partial charge in [0.2, 0.25) is 0 Å². The van der Waals surface area contributed by atoms with Gasteiger partial charge in [0, 0.05) is 29.1 Å². The third-order valence-corrected chi connectivity index (χ3v) is 6.44. The summed E-state index contributed by atoms with van der Waals surface area (Å²) in [7, 11) is 1.27. The van der Waals surface area contributed by atoms with Crippen molar-refractivity contribution in [3.63, 3.8) is 0 Å². The van der Waals surface area contributed by atoms with Crippen LogP contribution in [-0.4, -0.2) is 37.2 Å². The van der Waals surface area contributed by atoms with E-state index in [1.807, 2.05) is 31.2 Å². The number of carbonyl (C=O) groups is 1. The summed E-state index contributed by atoms with van der Waals surface area (Å²) in [6.07, 6.45) is 1.84. The second kappa shape index (κ2) is 11.3. The molecular formula is C25H25FN2O5S. The van der Waals surface area contributed by atoms with Crippen LogP contribution in [0, 0.1) is 5.82 Å².